The van der Waals surface area contributed by atoms with Crippen molar-refractivity contribution in [3.63, 3.8) is 0 Å². The second kappa shape index (κ2) is 5.88. The second-order valence-corrected chi connectivity index (χ2v) is 4.46. The molecular weight excluding hydrogens is 280 g/mol. The van der Waals surface area contributed by atoms with E-state index in [2.05, 4.69) is 4.98 Å². The Morgan fingerprint density at radius 1 is 1.35 bits per heavy atom. The summed E-state index contributed by atoms with van der Waals surface area (Å²) in [6.07, 6.45) is 0.398. The molecule has 2 aromatic rings. The summed E-state index contributed by atoms with van der Waals surface area (Å²) in [7, 11) is 0. The molecule has 0 amide bonds. The van der Waals surface area contributed by atoms with Crippen molar-refractivity contribution in [3.8, 4) is 11.3 Å². The fourth-order valence-electron chi connectivity index (χ4n) is 1.80. The fraction of sp³-hybridized carbons (Fsp3) is 0.214. The van der Waals surface area contributed by atoms with E-state index in [4.69, 9.17) is 16.4 Å². The van der Waals surface area contributed by atoms with E-state index in [0.717, 1.165) is 4.73 Å². The van der Waals surface area contributed by atoms with Crippen molar-refractivity contribution in [2.75, 3.05) is 0 Å². The first-order chi connectivity index (χ1) is 9.54. The molecule has 1 heterocycles. The summed E-state index contributed by atoms with van der Waals surface area (Å²) in [6.45, 7) is 3.00. The molecule has 0 fully saturated rings. The molecule has 5 nitrogen and oxygen atoms in total. The molecule has 0 bridgehead atoms. The van der Waals surface area contributed by atoms with Gasteiger partial charge in [0, 0.05) is 12.5 Å². The number of carbonyl (C=O) groups is 1. The topological polar surface area (TPSA) is 61.2 Å². The molecule has 0 saturated heterocycles. The molecule has 1 aromatic heterocycles. The minimum atomic E-state index is -0.603. The lowest BCUT2D eigenvalue weighted by atomic mass is 10.1. The Morgan fingerprint density at radius 2 is 2.00 bits per heavy atom. The number of carbonyl (C=O) groups excluding carboxylic acids is 1. The zero-order valence-electron chi connectivity index (χ0n) is 11.1. The minimum Gasteiger partial charge on any atom is -0.333 e. The highest BCUT2D eigenvalue weighted by Gasteiger charge is 2.18. The van der Waals surface area contributed by atoms with Gasteiger partial charge >= 0.3 is 11.5 Å². The van der Waals surface area contributed by atoms with Gasteiger partial charge in [0.25, 0.3) is 0 Å². The Labute approximate surface area is 120 Å². The zero-order chi connectivity index (χ0) is 14.7. The normalized spacial score (nSPS) is 10.3. The third-order valence-electron chi connectivity index (χ3n) is 2.66. The van der Waals surface area contributed by atoms with Gasteiger partial charge in [-0.3, -0.25) is 4.79 Å². The molecule has 0 aliphatic heterocycles. The SMILES string of the molecule is CCc1nc(Cl)c(-c2ccccc2)n(OC(C)=O)c1=O. The van der Waals surface area contributed by atoms with Gasteiger partial charge in [-0.25, -0.2) is 9.78 Å². The molecule has 0 atom stereocenters. The molecule has 0 saturated carbocycles. The number of hydrogen-bond donors (Lipinski definition) is 0. The number of nitrogens with zero attached hydrogens (tertiary/aromatic N) is 2. The highest BCUT2D eigenvalue weighted by molar-refractivity contribution is 6.31. The number of halogens is 1. The fourth-order valence-corrected chi connectivity index (χ4v) is 2.09. The van der Waals surface area contributed by atoms with E-state index >= 15 is 0 Å². The van der Waals surface area contributed by atoms with Crippen LogP contribution in [0.5, 0.6) is 0 Å². The maximum absolute atomic E-state index is 12.2. The average Bonchev–Trinajstić information content (AvgIpc) is 2.43. The molecule has 0 aliphatic rings. The van der Waals surface area contributed by atoms with Crippen molar-refractivity contribution in [1.29, 1.82) is 0 Å². The molecule has 2 rings (SSSR count). The lowest BCUT2D eigenvalue weighted by Crippen LogP contribution is -2.34. The Bertz CT molecular complexity index is 696. The first-order valence-corrected chi connectivity index (χ1v) is 6.48. The van der Waals surface area contributed by atoms with Gasteiger partial charge in [-0.05, 0) is 6.42 Å². The molecule has 20 heavy (non-hydrogen) atoms. The summed E-state index contributed by atoms with van der Waals surface area (Å²) in [4.78, 5) is 32.5. The van der Waals surface area contributed by atoms with Crippen LogP contribution in [-0.2, 0) is 11.2 Å². The van der Waals surface area contributed by atoms with Crippen molar-refractivity contribution in [3.05, 3.63) is 51.5 Å². The van der Waals surface area contributed by atoms with Crippen LogP contribution in [0.15, 0.2) is 35.1 Å². The first kappa shape index (κ1) is 14.3. The van der Waals surface area contributed by atoms with Gasteiger partial charge in [-0.2, -0.15) is 0 Å². The van der Waals surface area contributed by atoms with E-state index in [0.29, 0.717) is 12.0 Å². The minimum absolute atomic E-state index is 0.119. The predicted octanol–water partition coefficient (Wildman–Crippen LogP) is 2.10. The monoisotopic (exact) mass is 292 g/mol. The number of rotatable bonds is 3. The Morgan fingerprint density at radius 3 is 2.55 bits per heavy atom. The van der Waals surface area contributed by atoms with Crippen LogP contribution in [0.3, 0.4) is 0 Å². The standard InChI is InChI=1S/C14H13ClN2O3/c1-3-11-14(19)17(20-9(2)18)12(13(15)16-11)10-7-5-4-6-8-10/h4-8H,3H2,1-2H3. The van der Waals surface area contributed by atoms with Crippen molar-refractivity contribution in [1.82, 2.24) is 9.71 Å². The van der Waals surface area contributed by atoms with Crippen molar-refractivity contribution < 1.29 is 9.63 Å². The molecule has 0 aliphatic carbocycles. The lowest BCUT2D eigenvalue weighted by molar-refractivity contribution is -0.141. The van der Waals surface area contributed by atoms with Crippen molar-refractivity contribution >= 4 is 17.6 Å². The Balaban J connectivity index is 2.75. The third-order valence-corrected chi connectivity index (χ3v) is 2.93. The summed E-state index contributed by atoms with van der Waals surface area (Å²) in [5.74, 6) is -0.603. The van der Waals surface area contributed by atoms with E-state index in [1.807, 2.05) is 6.07 Å². The summed E-state index contributed by atoms with van der Waals surface area (Å²) >= 11 is 6.14. The molecule has 104 valence electrons. The molecular formula is C14H13ClN2O3. The molecule has 0 spiro atoms. The average molecular weight is 293 g/mol. The number of aryl methyl sites for hydroxylation is 1. The van der Waals surface area contributed by atoms with E-state index in [1.165, 1.54) is 6.92 Å². The van der Waals surface area contributed by atoms with E-state index in [1.54, 1.807) is 31.2 Å². The van der Waals surface area contributed by atoms with Crippen molar-refractivity contribution in [2.24, 2.45) is 0 Å². The van der Waals surface area contributed by atoms with Crippen LogP contribution in [-0.4, -0.2) is 15.7 Å². The summed E-state index contributed by atoms with van der Waals surface area (Å²) in [5, 5.41) is 0.119. The van der Waals surface area contributed by atoms with E-state index in [9.17, 15) is 9.59 Å². The molecule has 6 heteroatoms. The third kappa shape index (κ3) is 2.72. The maximum Gasteiger partial charge on any atom is 0.330 e. The van der Waals surface area contributed by atoms with Crippen LogP contribution in [0.1, 0.15) is 19.5 Å². The van der Waals surface area contributed by atoms with Gasteiger partial charge < -0.3 is 4.84 Å². The van der Waals surface area contributed by atoms with Crippen LogP contribution in [0.25, 0.3) is 11.3 Å². The van der Waals surface area contributed by atoms with E-state index in [-0.39, 0.29) is 16.5 Å². The van der Waals surface area contributed by atoms with Crippen LogP contribution >= 0.6 is 11.6 Å². The van der Waals surface area contributed by atoms with Crippen LogP contribution in [0, 0.1) is 0 Å². The lowest BCUT2D eigenvalue weighted by Gasteiger charge is -2.13. The highest BCUT2D eigenvalue weighted by atomic mass is 35.5. The molecule has 0 unspecified atom stereocenters. The molecule has 0 N–H and O–H groups in total. The summed E-state index contributed by atoms with van der Waals surface area (Å²) in [5.41, 5.74) is 0.678. The second-order valence-electron chi connectivity index (χ2n) is 4.10. The maximum atomic E-state index is 12.2. The smallest absolute Gasteiger partial charge is 0.330 e. The van der Waals surface area contributed by atoms with Crippen LogP contribution < -0.4 is 10.4 Å². The van der Waals surface area contributed by atoms with Gasteiger partial charge in [0.2, 0.25) is 0 Å². The molecule has 0 radical (unpaired) electrons. The quantitative estimate of drug-likeness (QED) is 0.869. The number of benzene rings is 1. The van der Waals surface area contributed by atoms with Gasteiger partial charge in [0.15, 0.2) is 5.15 Å². The van der Waals surface area contributed by atoms with Gasteiger partial charge in [0.1, 0.15) is 11.4 Å². The van der Waals surface area contributed by atoms with Crippen molar-refractivity contribution in [2.45, 2.75) is 20.3 Å². The zero-order valence-corrected chi connectivity index (χ0v) is 11.8. The Kier molecular flexibility index (Phi) is 4.20. The van der Waals surface area contributed by atoms with E-state index < -0.39 is 11.5 Å². The Hall–Kier alpha value is -2.14. The van der Waals surface area contributed by atoms with Crippen LogP contribution in [0.4, 0.5) is 0 Å². The van der Waals surface area contributed by atoms with Gasteiger partial charge in [-0.1, -0.05) is 48.9 Å². The van der Waals surface area contributed by atoms with Gasteiger partial charge in [-0.15, -0.1) is 4.73 Å². The molecule has 1 aromatic carbocycles. The van der Waals surface area contributed by atoms with Crippen LogP contribution in [0.2, 0.25) is 5.15 Å². The summed E-state index contributed by atoms with van der Waals surface area (Å²) in [6, 6.07) is 8.94. The number of hydrogen-bond acceptors (Lipinski definition) is 4. The largest absolute Gasteiger partial charge is 0.333 e. The van der Waals surface area contributed by atoms with Gasteiger partial charge in [0.05, 0.1) is 0 Å². The summed E-state index contributed by atoms with van der Waals surface area (Å²) < 4.78 is 0.909. The first-order valence-electron chi connectivity index (χ1n) is 6.10. The predicted molar refractivity (Wildman–Crippen MR) is 75.6 cm³/mol. The highest BCUT2D eigenvalue weighted by Crippen LogP contribution is 2.24. The number of aromatic nitrogens is 2.